The fraction of sp³-hybridized carbons (Fsp3) is 0.270. The number of anilines is 1. The molecule has 1 saturated heterocycles. The molecule has 13 heteroatoms. The number of carbonyl (C=O) groups is 1. The van der Waals surface area contributed by atoms with E-state index in [0.29, 0.717) is 65.5 Å². The summed E-state index contributed by atoms with van der Waals surface area (Å²) >= 11 is 1.46. The minimum absolute atomic E-state index is 0.0354. The first kappa shape index (κ1) is 30.7. The average Bonchev–Trinajstić information content (AvgIpc) is 3.91. The average molecular weight is 695 g/mol. The molecule has 0 radical (unpaired) electrons. The van der Waals surface area contributed by atoms with Crippen LogP contribution in [-0.2, 0) is 12.8 Å². The standard InChI is InChI=1S/C37H29F3N6O3S/c1-18-44-45-36(49-18)29-26(9-6-19-4-7-21(38)8-5-19)42-32-27-3-2-13-46(27)37(47)31(32)30(29)28-15-20-10-12-41-35(34(20)50-28)43-25-11-14-48-33-23(25)16-22(39)17-24(33)40/h4-5,7-8,10,12,15-17,25,27H,2-3,6,9,11,13-14H2,1H3,(H,41,43). The lowest BCUT2D eigenvalue weighted by Crippen LogP contribution is -2.22. The molecular formula is C37H29F3N6O3S. The first-order chi connectivity index (χ1) is 24.3. The summed E-state index contributed by atoms with van der Waals surface area (Å²) in [6, 6.07) is 11.9. The Morgan fingerprint density at radius 2 is 1.84 bits per heavy atom. The van der Waals surface area contributed by atoms with Crippen LogP contribution in [0.1, 0.15) is 70.1 Å². The number of hydrogen-bond acceptors (Lipinski definition) is 9. The van der Waals surface area contributed by atoms with Gasteiger partial charge in [-0.15, -0.1) is 21.5 Å². The lowest BCUT2D eigenvalue weighted by molar-refractivity contribution is 0.0776. The van der Waals surface area contributed by atoms with Crippen molar-refractivity contribution in [2.75, 3.05) is 18.5 Å². The van der Waals surface area contributed by atoms with E-state index in [4.69, 9.17) is 14.1 Å². The maximum atomic E-state index is 14.6. The second kappa shape index (κ2) is 11.9. The Morgan fingerprint density at radius 1 is 0.980 bits per heavy atom. The second-order valence-corrected chi connectivity index (χ2v) is 13.9. The molecule has 0 spiro atoms. The summed E-state index contributed by atoms with van der Waals surface area (Å²) in [5.74, 6) is -0.589. The summed E-state index contributed by atoms with van der Waals surface area (Å²) in [4.78, 5) is 26.7. The van der Waals surface area contributed by atoms with Gasteiger partial charge in [-0.25, -0.2) is 18.2 Å². The molecular weight excluding hydrogens is 666 g/mol. The van der Waals surface area contributed by atoms with E-state index >= 15 is 0 Å². The molecule has 2 atom stereocenters. The van der Waals surface area contributed by atoms with Crippen molar-refractivity contribution in [3.63, 3.8) is 0 Å². The number of nitrogens with one attached hydrogen (secondary N) is 1. The summed E-state index contributed by atoms with van der Waals surface area (Å²) in [5, 5.41) is 12.8. The Morgan fingerprint density at radius 3 is 2.66 bits per heavy atom. The number of carbonyl (C=O) groups excluding carboxylic acids is 1. The number of fused-ring (bicyclic) bond motifs is 5. The molecule has 1 fully saturated rings. The van der Waals surface area contributed by atoms with Gasteiger partial charge in [-0.3, -0.25) is 9.78 Å². The Bertz CT molecular complexity index is 2320. The van der Waals surface area contributed by atoms with Crippen molar-refractivity contribution in [3.8, 4) is 27.6 Å². The predicted molar refractivity (Wildman–Crippen MR) is 181 cm³/mol. The van der Waals surface area contributed by atoms with Crippen LogP contribution in [-0.4, -0.2) is 44.1 Å². The van der Waals surface area contributed by atoms with Gasteiger partial charge in [0.25, 0.3) is 5.91 Å². The predicted octanol–water partition coefficient (Wildman–Crippen LogP) is 8.15. The highest BCUT2D eigenvalue weighted by molar-refractivity contribution is 7.23. The van der Waals surface area contributed by atoms with Crippen molar-refractivity contribution in [1.29, 1.82) is 0 Å². The van der Waals surface area contributed by atoms with Crippen molar-refractivity contribution in [2.24, 2.45) is 0 Å². The van der Waals surface area contributed by atoms with Gasteiger partial charge in [0.05, 0.1) is 45.9 Å². The fourth-order valence-corrected chi connectivity index (χ4v) is 8.62. The largest absolute Gasteiger partial charge is 0.490 e. The number of ether oxygens (including phenoxy) is 1. The van der Waals surface area contributed by atoms with E-state index in [1.165, 1.54) is 29.5 Å². The number of pyridine rings is 2. The molecule has 4 aromatic heterocycles. The number of amides is 1. The van der Waals surface area contributed by atoms with E-state index in [9.17, 15) is 18.0 Å². The third kappa shape index (κ3) is 5.10. The van der Waals surface area contributed by atoms with Gasteiger partial charge < -0.3 is 19.4 Å². The highest BCUT2D eigenvalue weighted by Gasteiger charge is 2.45. The van der Waals surface area contributed by atoms with Crippen molar-refractivity contribution in [1.82, 2.24) is 25.1 Å². The number of aromatic nitrogens is 4. The van der Waals surface area contributed by atoms with Crippen LogP contribution in [0.2, 0.25) is 0 Å². The van der Waals surface area contributed by atoms with Gasteiger partial charge in [0.15, 0.2) is 11.6 Å². The molecule has 252 valence electrons. The fourth-order valence-electron chi connectivity index (χ4n) is 7.45. The van der Waals surface area contributed by atoms with Crippen LogP contribution in [0.4, 0.5) is 19.0 Å². The third-order valence-corrected chi connectivity index (χ3v) is 10.9. The smallest absolute Gasteiger partial charge is 0.257 e. The lowest BCUT2D eigenvalue weighted by Gasteiger charge is -2.27. The van der Waals surface area contributed by atoms with Gasteiger partial charge in [0.2, 0.25) is 11.8 Å². The summed E-state index contributed by atoms with van der Waals surface area (Å²) in [6.45, 7) is 2.62. The van der Waals surface area contributed by atoms with Gasteiger partial charge in [0, 0.05) is 48.2 Å². The molecule has 7 heterocycles. The Hall–Kier alpha value is -5.30. The number of thiophene rings is 1. The van der Waals surface area contributed by atoms with E-state index in [-0.39, 0.29) is 36.0 Å². The molecule has 0 saturated carbocycles. The quantitative estimate of drug-likeness (QED) is 0.179. The lowest BCUT2D eigenvalue weighted by atomic mass is 9.93. The van der Waals surface area contributed by atoms with Crippen molar-refractivity contribution < 1.29 is 27.1 Å². The second-order valence-electron chi connectivity index (χ2n) is 12.8. The molecule has 9 rings (SSSR count). The van der Waals surface area contributed by atoms with E-state index in [1.807, 2.05) is 17.0 Å². The summed E-state index contributed by atoms with van der Waals surface area (Å²) in [5.41, 5.74) is 4.60. The van der Waals surface area contributed by atoms with Gasteiger partial charge in [-0.1, -0.05) is 12.1 Å². The van der Waals surface area contributed by atoms with E-state index in [0.717, 1.165) is 45.1 Å². The number of nitrogens with zero attached hydrogens (tertiary/aromatic N) is 5. The molecule has 2 unspecified atom stereocenters. The van der Waals surface area contributed by atoms with Gasteiger partial charge in [0.1, 0.15) is 17.5 Å². The van der Waals surface area contributed by atoms with Crippen LogP contribution >= 0.6 is 11.3 Å². The Kier molecular flexibility index (Phi) is 7.34. The highest BCUT2D eigenvalue weighted by atomic mass is 32.1. The number of aryl methyl sites for hydroxylation is 3. The van der Waals surface area contributed by atoms with E-state index in [1.54, 1.807) is 25.3 Å². The monoisotopic (exact) mass is 694 g/mol. The molecule has 9 nitrogen and oxygen atoms in total. The van der Waals surface area contributed by atoms with Gasteiger partial charge >= 0.3 is 0 Å². The summed E-state index contributed by atoms with van der Waals surface area (Å²) < 4.78 is 55.1. The molecule has 50 heavy (non-hydrogen) atoms. The van der Waals surface area contributed by atoms with Crippen LogP contribution in [0, 0.1) is 24.4 Å². The molecule has 6 aromatic rings. The number of benzene rings is 2. The first-order valence-electron chi connectivity index (χ1n) is 16.5. The molecule has 1 N–H and O–H groups in total. The van der Waals surface area contributed by atoms with Crippen LogP contribution < -0.4 is 10.1 Å². The zero-order valence-corrected chi connectivity index (χ0v) is 27.6. The Balaban J connectivity index is 1.21. The van der Waals surface area contributed by atoms with Crippen LogP contribution in [0.15, 0.2) is 59.1 Å². The molecule has 3 aliphatic rings. The summed E-state index contributed by atoms with van der Waals surface area (Å²) in [6.07, 6.45) is 4.94. The van der Waals surface area contributed by atoms with E-state index < -0.39 is 17.7 Å². The maximum Gasteiger partial charge on any atom is 0.257 e. The van der Waals surface area contributed by atoms with Crippen LogP contribution in [0.5, 0.6) is 5.75 Å². The number of hydrogen-bond donors (Lipinski definition) is 1. The van der Waals surface area contributed by atoms with Crippen LogP contribution in [0.25, 0.3) is 32.0 Å². The maximum absolute atomic E-state index is 14.6. The first-order valence-corrected chi connectivity index (χ1v) is 17.3. The minimum atomic E-state index is -0.744. The highest BCUT2D eigenvalue weighted by Crippen LogP contribution is 2.50. The minimum Gasteiger partial charge on any atom is -0.490 e. The SMILES string of the molecule is Cc1nnc(-c2c(CCc3ccc(F)cc3)nc3c(c2-c2cc4ccnc(NC5CCOc6c(F)cc(F)cc65)c4s2)C(=O)N2CCCC32)o1. The molecule has 0 bridgehead atoms. The van der Waals surface area contributed by atoms with Crippen molar-refractivity contribution in [3.05, 3.63) is 106 Å². The third-order valence-electron chi connectivity index (χ3n) is 9.70. The number of rotatable bonds is 7. The Labute approximate surface area is 288 Å². The summed E-state index contributed by atoms with van der Waals surface area (Å²) in [7, 11) is 0. The normalized spacial score (nSPS) is 17.9. The van der Waals surface area contributed by atoms with Crippen molar-refractivity contribution >= 4 is 33.1 Å². The van der Waals surface area contributed by atoms with Gasteiger partial charge in [-0.05, 0) is 67.0 Å². The molecule has 3 aliphatic heterocycles. The van der Waals surface area contributed by atoms with E-state index in [2.05, 4.69) is 20.5 Å². The van der Waals surface area contributed by atoms with Crippen molar-refractivity contribution in [2.45, 2.75) is 51.1 Å². The zero-order chi connectivity index (χ0) is 34.1. The van der Waals surface area contributed by atoms with Crippen LogP contribution in [0.3, 0.4) is 0 Å². The number of halogens is 3. The zero-order valence-electron chi connectivity index (χ0n) is 26.8. The topological polar surface area (TPSA) is 106 Å². The van der Waals surface area contributed by atoms with Gasteiger partial charge in [-0.2, -0.15) is 0 Å². The molecule has 1 amide bonds. The molecule has 0 aliphatic carbocycles. The molecule has 2 aromatic carbocycles.